The van der Waals surface area contributed by atoms with Gasteiger partial charge in [0, 0.05) is 32.8 Å². The van der Waals surface area contributed by atoms with Crippen LogP contribution in [0.1, 0.15) is 11.3 Å². The van der Waals surface area contributed by atoms with E-state index in [0.29, 0.717) is 5.71 Å². The molecule has 0 amide bonds. The maximum Gasteiger partial charge on any atom is 0.227 e. The first kappa shape index (κ1) is 16.2. The van der Waals surface area contributed by atoms with Crippen LogP contribution in [0.25, 0.3) is 55.0 Å². The monoisotopic (exact) mass is 375 g/mol. The molecule has 6 rings (SSSR count). The molecule has 0 N–H and O–H groups in total. The van der Waals surface area contributed by atoms with Crippen LogP contribution in [-0.2, 0) is 0 Å². The van der Waals surface area contributed by atoms with Crippen molar-refractivity contribution in [3.8, 4) is 11.3 Å². The second-order valence-corrected chi connectivity index (χ2v) is 7.50. The Kier molecular flexibility index (Phi) is 3.27. The van der Waals surface area contributed by atoms with Crippen molar-refractivity contribution in [1.82, 2.24) is 15.0 Å². The Balaban J connectivity index is 1.72. The van der Waals surface area contributed by atoms with Crippen molar-refractivity contribution >= 4 is 43.7 Å². The van der Waals surface area contributed by atoms with Gasteiger partial charge in [-0.1, -0.05) is 35.9 Å². The Morgan fingerprint density at radius 2 is 1.62 bits per heavy atom. The van der Waals surface area contributed by atoms with Crippen LogP contribution in [0.3, 0.4) is 0 Å². The highest BCUT2D eigenvalue weighted by molar-refractivity contribution is 6.13. The van der Waals surface area contributed by atoms with Crippen LogP contribution < -0.4 is 0 Å². The van der Waals surface area contributed by atoms with Crippen LogP contribution >= 0.6 is 0 Å². The Hall–Kier alpha value is -3.79. The molecule has 3 aromatic carbocycles. The average molecular weight is 375 g/mol. The van der Waals surface area contributed by atoms with Crippen molar-refractivity contribution in [1.29, 1.82) is 0 Å². The fourth-order valence-corrected chi connectivity index (χ4v) is 4.13. The van der Waals surface area contributed by atoms with Crippen LogP contribution in [0.5, 0.6) is 0 Å². The molecule has 0 bridgehead atoms. The molecular formula is C25H17N3O. The molecular weight excluding hydrogens is 358 g/mol. The molecule has 0 spiro atoms. The third-order valence-corrected chi connectivity index (χ3v) is 5.54. The van der Waals surface area contributed by atoms with Crippen LogP contribution in [0.4, 0.5) is 0 Å². The van der Waals surface area contributed by atoms with E-state index in [9.17, 15) is 0 Å². The summed E-state index contributed by atoms with van der Waals surface area (Å²) < 4.78 is 6.20. The molecule has 0 aliphatic rings. The Labute approximate surface area is 166 Å². The predicted molar refractivity (Wildman–Crippen MR) is 117 cm³/mol. The minimum atomic E-state index is 0.659. The number of furan rings is 1. The Morgan fingerprint density at radius 1 is 0.759 bits per heavy atom. The summed E-state index contributed by atoms with van der Waals surface area (Å²) in [5.74, 6) is 0. The first-order valence-corrected chi connectivity index (χ1v) is 9.62. The number of rotatable bonds is 1. The zero-order chi connectivity index (χ0) is 19.5. The number of aromatic nitrogens is 3. The fourth-order valence-electron chi connectivity index (χ4n) is 4.13. The van der Waals surface area contributed by atoms with E-state index >= 15 is 0 Å². The molecule has 138 valence electrons. The molecule has 4 nitrogen and oxygen atoms in total. The van der Waals surface area contributed by atoms with Crippen LogP contribution in [0.2, 0.25) is 0 Å². The van der Waals surface area contributed by atoms with Gasteiger partial charge in [-0.25, -0.2) is 15.0 Å². The highest BCUT2D eigenvalue weighted by atomic mass is 16.3. The summed E-state index contributed by atoms with van der Waals surface area (Å²) in [5, 5.41) is 5.40. The summed E-state index contributed by atoms with van der Waals surface area (Å²) in [7, 11) is 0. The Morgan fingerprint density at radius 3 is 2.55 bits per heavy atom. The van der Waals surface area contributed by atoms with E-state index in [4.69, 9.17) is 4.42 Å². The summed E-state index contributed by atoms with van der Waals surface area (Å²) >= 11 is 0. The molecule has 4 heteroatoms. The predicted octanol–water partition coefficient (Wildman–Crippen LogP) is 6.36. The van der Waals surface area contributed by atoms with Crippen molar-refractivity contribution in [2.24, 2.45) is 0 Å². The normalized spacial score (nSPS) is 11.8. The van der Waals surface area contributed by atoms with Crippen molar-refractivity contribution in [2.45, 2.75) is 13.8 Å². The van der Waals surface area contributed by atoms with Gasteiger partial charge in [0.2, 0.25) is 5.71 Å². The molecule has 0 saturated carbocycles. The molecule has 3 heterocycles. The van der Waals surface area contributed by atoms with Gasteiger partial charge in [0.1, 0.15) is 11.9 Å². The number of aryl methyl sites for hydroxylation is 2. The summed E-state index contributed by atoms with van der Waals surface area (Å²) in [6.07, 6.45) is 1.64. The SMILES string of the molecule is Cc1ccc2ccc3c(-c4cccc5c4oc4nc(C)ccc45)ncnc3c2c1. The largest absolute Gasteiger partial charge is 0.437 e. The van der Waals surface area contributed by atoms with Crippen LogP contribution in [-0.4, -0.2) is 15.0 Å². The number of para-hydroxylation sites is 1. The first-order valence-electron chi connectivity index (χ1n) is 9.62. The van der Waals surface area contributed by atoms with Gasteiger partial charge in [-0.15, -0.1) is 0 Å². The number of nitrogens with zero attached hydrogens (tertiary/aromatic N) is 3. The molecule has 0 saturated heterocycles. The molecule has 0 atom stereocenters. The summed E-state index contributed by atoms with van der Waals surface area (Å²) in [4.78, 5) is 13.8. The molecule has 6 aromatic rings. The van der Waals surface area contributed by atoms with Gasteiger partial charge in [-0.05, 0) is 49.6 Å². The van der Waals surface area contributed by atoms with Crippen molar-refractivity contribution in [3.63, 3.8) is 0 Å². The third kappa shape index (κ3) is 2.36. The molecule has 0 fully saturated rings. The zero-order valence-electron chi connectivity index (χ0n) is 16.1. The number of benzene rings is 3. The molecule has 29 heavy (non-hydrogen) atoms. The van der Waals surface area contributed by atoms with Crippen molar-refractivity contribution in [3.05, 3.63) is 78.2 Å². The highest BCUT2D eigenvalue weighted by Gasteiger charge is 2.16. The van der Waals surface area contributed by atoms with E-state index in [0.717, 1.165) is 49.6 Å². The summed E-state index contributed by atoms with van der Waals surface area (Å²) in [5.41, 5.74) is 6.41. The van der Waals surface area contributed by atoms with E-state index < -0.39 is 0 Å². The molecule has 3 aromatic heterocycles. The topological polar surface area (TPSA) is 51.8 Å². The van der Waals surface area contributed by atoms with Gasteiger partial charge in [-0.2, -0.15) is 0 Å². The van der Waals surface area contributed by atoms with Gasteiger partial charge in [0.25, 0.3) is 0 Å². The Bertz CT molecular complexity index is 1580. The van der Waals surface area contributed by atoms with Gasteiger partial charge >= 0.3 is 0 Å². The standard InChI is InChI=1S/C25H17N3O/c1-14-6-8-16-9-11-19-22(26-13-27-23(19)21(16)12-14)20-5-3-4-17-18-10-7-15(2)28-25(18)29-24(17)20/h3-13H,1-2H3. The summed E-state index contributed by atoms with van der Waals surface area (Å²) in [6.45, 7) is 4.07. The lowest BCUT2D eigenvalue weighted by molar-refractivity contribution is 0.653. The van der Waals surface area contributed by atoms with Gasteiger partial charge in [0.15, 0.2) is 0 Å². The number of fused-ring (bicyclic) bond motifs is 6. The molecule has 0 aliphatic carbocycles. The minimum Gasteiger partial charge on any atom is -0.437 e. The number of hydrogen-bond donors (Lipinski definition) is 0. The second-order valence-electron chi connectivity index (χ2n) is 7.50. The maximum atomic E-state index is 6.20. The van der Waals surface area contributed by atoms with E-state index in [-0.39, 0.29) is 0 Å². The second kappa shape index (κ2) is 5.85. The smallest absolute Gasteiger partial charge is 0.227 e. The lowest BCUT2D eigenvalue weighted by atomic mass is 9.99. The van der Waals surface area contributed by atoms with Gasteiger partial charge in [0.05, 0.1) is 11.2 Å². The lowest BCUT2D eigenvalue weighted by Gasteiger charge is -2.09. The van der Waals surface area contributed by atoms with Crippen LogP contribution in [0, 0.1) is 13.8 Å². The van der Waals surface area contributed by atoms with E-state index in [2.05, 4.69) is 70.4 Å². The van der Waals surface area contributed by atoms with Crippen molar-refractivity contribution < 1.29 is 4.42 Å². The van der Waals surface area contributed by atoms with E-state index in [1.807, 2.05) is 19.1 Å². The van der Waals surface area contributed by atoms with E-state index in [1.165, 1.54) is 10.9 Å². The molecule has 0 unspecified atom stereocenters. The van der Waals surface area contributed by atoms with Crippen molar-refractivity contribution in [2.75, 3.05) is 0 Å². The molecule has 0 radical (unpaired) electrons. The number of hydrogen-bond acceptors (Lipinski definition) is 4. The minimum absolute atomic E-state index is 0.659. The van der Waals surface area contributed by atoms with E-state index in [1.54, 1.807) is 6.33 Å². The highest BCUT2D eigenvalue weighted by Crippen LogP contribution is 2.37. The molecule has 0 aliphatic heterocycles. The fraction of sp³-hybridized carbons (Fsp3) is 0.0800. The lowest BCUT2D eigenvalue weighted by Crippen LogP contribution is -1.91. The summed E-state index contributed by atoms with van der Waals surface area (Å²) in [6, 6.07) is 20.9. The average Bonchev–Trinajstić information content (AvgIpc) is 3.10. The quantitative estimate of drug-likeness (QED) is 0.314. The first-order chi connectivity index (χ1) is 14.2. The van der Waals surface area contributed by atoms with Crippen LogP contribution in [0.15, 0.2) is 71.4 Å². The number of pyridine rings is 1. The third-order valence-electron chi connectivity index (χ3n) is 5.54. The van der Waals surface area contributed by atoms with Gasteiger partial charge in [-0.3, -0.25) is 0 Å². The maximum absolute atomic E-state index is 6.20. The van der Waals surface area contributed by atoms with Gasteiger partial charge < -0.3 is 4.42 Å². The zero-order valence-corrected chi connectivity index (χ0v) is 16.1.